The summed E-state index contributed by atoms with van der Waals surface area (Å²) in [6, 6.07) is 21.2. The first-order valence-corrected chi connectivity index (χ1v) is 25.6. The lowest BCUT2D eigenvalue weighted by atomic mass is 9.85. The molecule has 0 aliphatic carbocycles. The van der Waals surface area contributed by atoms with E-state index in [2.05, 4.69) is 41.8 Å². The number of anilines is 1. The van der Waals surface area contributed by atoms with E-state index in [1.54, 1.807) is 40.5 Å². The number of likely N-dealkylation sites (N-methyl/N-ethyl adjacent to an activating group) is 1. The smallest absolute Gasteiger partial charge is 0.319 e. The Kier molecular flexibility index (Phi) is 16.9. The molecule has 7 rings (SSSR count). The first kappa shape index (κ1) is 53.8. The third-order valence-corrected chi connectivity index (χ3v) is 14.6. The van der Waals surface area contributed by atoms with Gasteiger partial charge < -0.3 is 46.4 Å². The van der Waals surface area contributed by atoms with Crippen LogP contribution in [0.15, 0.2) is 84.4 Å². The zero-order chi connectivity index (χ0) is 52.8. The van der Waals surface area contributed by atoms with Crippen LogP contribution in [-0.2, 0) is 26.5 Å². The molecule has 2 aliphatic heterocycles. The number of hydrogen-bond acceptors (Lipinski definition) is 11. The number of aryl methyl sites for hydroxylation is 1. The summed E-state index contributed by atoms with van der Waals surface area (Å²) in [6.45, 7) is 14.3. The first-order chi connectivity index (χ1) is 34.6. The standard InChI is InChI=1S/C54H69N11O7S/c1-32(34-18-20-36(21-19-34)44-33(2)56-31-73-44)57-50(70)42-27-39(66)28-64(42)51(71)46(53(3,4)5)59-43(67)17-13-14-26-55-48(68)37-22-24-38(25-23-37)49(69)60-47-40-29-65(54(6,7)45(40)61-62-47)52(72)58-41(30-63(8)9)35-15-11-10-12-16-35/h10-12,15-16,18-25,31-32,39,41-42,46,66H,13-14,17,26-30H2,1-9H3,(H,55,68)(H,57,70)(H,58,72)(H,59,67)(H2,60,61,62,69)/t32-,39+,41+,42-,46+/m0/s1. The van der Waals surface area contributed by atoms with Crippen molar-refractivity contribution in [2.24, 2.45) is 5.41 Å². The molecule has 4 heterocycles. The lowest BCUT2D eigenvalue weighted by Crippen LogP contribution is -2.57. The summed E-state index contributed by atoms with van der Waals surface area (Å²) in [5.41, 5.74) is 6.30. The number of H-pyrrole nitrogens is 1. The zero-order valence-electron chi connectivity index (χ0n) is 43.2. The molecule has 2 aromatic heterocycles. The summed E-state index contributed by atoms with van der Waals surface area (Å²) < 4.78 is 0. The van der Waals surface area contributed by atoms with Crippen molar-refractivity contribution in [1.29, 1.82) is 0 Å². The molecule has 1 fully saturated rings. The van der Waals surface area contributed by atoms with Gasteiger partial charge in [0.15, 0.2) is 5.82 Å². The molecule has 5 atom stereocenters. The lowest BCUT2D eigenvalue weighted by molar-refractivity contribution is -0.144. The summed E-state index contributed by atoms with van der Waals surface area (Å²) in [4.78, 5) is 92.0. The second-order valence-electron chi connectivity index (χ2n) is 20.9. The van der Waals surface area contributed by atoms with Crippen molar-refractivity contribution in [1.82, 2.24) is 51.1 Å². The van der Waals surface area contributed by atoms with Crippen LogP contribution in [0.3, 0.4) is 0 Å². The molecule has 0 unspecified atom stereocenters. The number of aromatic nitrogens is 3. The second-order valence-corrected chi connectivity index (χ2v) is 21.7. The summed E-state index contributed by atoms with van der Waals surface area (Å²) >= 11 is 1.57. The lowest BCUT2D eigenvalue weighted by Gasteiger charge is -2.35. The number of hydrogen-bond donors (Lipinski definition) is 7. The van der Waals surface area contributed by atoms with Gasteiger partial charge in [-0.2, -0.15) is 5.10 Å². The largest absolute Gasteiger partial charge is 0.391 e. The maximum Gasteiger partial charge on any atom is 0.319 e. The number of carbonyl (C=O) groups excluding carboxylic acids is 6. The van der Waals surface area contributed by atoms with E-state index in [-0.39, 0.29) is 68.3 Å². The number of carbonyl (C=O) groups is 6. The number of unbranched alkanes of at least 4 members (excludes halogenated alkanes) is 1. The average molecular weight is 1020 g/mol. The number of fused-ring (bicyclic) bond motifs is 1. The predicted octanol–water partition coefficient (Wildman–Crippen LogP) is 6.43. The number of rotatable bonds is 18. The molecule has 0 radical (unpaired) electrons. The highest BCUT2D eigenvalue weighted by molar-refractivity contribution is 7.13. The Morgan fingerprint density at radius 3 is 2.19 bits per heavy atom. The number of amides is 7. The third-order valence-electron chi connectivity index (χ3n) is 13.6. The number of likely N-dealkylation sites (tertiary alicyclic amines) is 1. The molecule has 388 valence electrons. The fourth-order valence-electron chi connectivity index (χ4n) is 9.37. The Morgan fingerprint density at radius 1 is 0.890 bits per heavy atom. The van der Waals surface area contributed by atoms with E-state index in [0.717, 1.165) is 33.0 Å². The molecule has 7 N–H and O–H groups in total. The number of nitrogens with one attached hydrogen (secondary N) is 6. The third kappa shape index (κ3) is 12.8. The maximum absolute atomic E-state index is 14.1. The van der Waals surface area contributed by atoms with Crippen molar-refractivity contribution in [2.45, 2.75) is 117 Å². The number of aromatic amines is 1. The summed E-state index contributed by atoms with van der Waals surface area (Å²) in [7, 11) is 3.91. The quantitative estimate of drug-likeness (QED) is 0.0476. The Hall–Kier alpha value is -6.96. The van der Waals surface area contributed by atoms with E-state index in [1.807, 2.05) is 128 Å². The van der Waals surface area contributed by atoms with Crippen molar-refractivity contribution < 1.29 is 33.9 Å². The molecule has 19 heteroatoms. The molecule has 2 aliphatic rings. The monoisotopic (exact) mass is 1020 g/mol. The van der Waals surface area contributed by atoms with Gasteiger partial charge in [-0.1, -0.05) is 75.4 Å². The second kappa shape index (κ2) is 22.9. The van der Waals surface area contributed by atoms with Crippen molar-refractivity contribution in [3.63, 3.8) is 0 Å². The number of nitrogens with zero attached hydrogens (tertiary/aromatic N) is 5. The topological polar surface area (TPSA) is 234 Å². The highest BCUT2D eigenvalue weighted by Gasteiger charge is 2.46. The molecule has 1 saturated heterocycles. The number of thiazole rings is 1. The molecule has 73 heavy (non-hydrogen) atoms. The van der Waals surface area contributed by atoms with Gasteiger partial charge in [-0.25, -0.2) is 9.78 Å². The minimum absolute atomic E-state index is 0.0341. The highest BCUT2D eigenvalue weighted by Crippen LogP contribution is 2.41. The SMILES string of the molecule is Cc1ncsc1-c1ccc([C@H](C)NC(=O)[C@@H]2C[C@@H](O)CN2C(=O)[C@@H](NC(=O)CCCCNC(=O)c2ccc(C(=O)Nc3n[nH]c4c3CN(C(=O)N[C@H](CN(C)C)c3ccccc3)C4(C)C)cc2)C(C)(C)C)cc1. The van der Waals surface area contributed by atoms with Crippen LogP contribution in [0.1, 0.15) is 128 Å². The van der Waals surface area contributed by atoms with Gasteiger partial charge in [0.25, 0.3) is 11.8 Å². The molecule has 0 bridgehead atoms. The molecule has 0 spiro atoms. The summed E-state index contributed by atoms with van der Waals surface area (Å²) in [5, 5.41) is 32.9. The molecule has 5 aromatic rings. The van der Waals surface area contributed by atoms with Crippen molar-refractivity contribution in [3.8, 4) is 10.4 Å². The summed E-state index contributed by atoms with van der Waals surface area (Å²) in [5.74, 6) is -1.63. The Bertz CT molecular complexity index is 2770. The fourth-order valence-corrected chi connectivity index (χ4v) is 10.2. The fraction of sp³-hybridized carbons (Fsp3) is 0.444. The van der Waals surface area contributed by atoms with Gasteiger partial charge in [0.1, 0.15) is 12.1 Å². The van der Waals surface area contributed by atoms with Gasteiger partial charge in [0, 0.05) is 49.2 Å². The van der Waals surface area contributed by atoms with Crippen molar-refractivity contribution in [2.75, 3.05) is 39.0 Å². The zero-order valence-corrected chi connectivity index (χ0v) is 44.0. The van der Waals surface area contributed by atoms with Gasteiger partial charge in [0.05, 0.1) is 52.0 Å². The molecular weight excluding hydrogens is 947 g/mol. The van der Waals surface area contributed by atoms with Crippen molar-refractivity contribution >= 4 is 52.7 Å². The van der Waals surface area contributed by atoms with Gasteiger partial charge >= 0.3 is 6.03 Å². The van der Waals surface area contributed by atoms with E-state index < -0.39 is 41.0 Å². The van der Waals surface area contributed by atoms with E-state index in [0.29, 0.717) is 41.9 Å². The molecule has 3 aromatic carbocycles. The number of aliphatic hydroxyl groups excluding tert-OH is 1. The first-order valence-electron chi connectivity index (χ1n) is 24.8. The Morgan fingerprint density at radius 2 is 1.56 bits per heavy atom. The van der Waals surface area contributed by atoms with Crippen LogP contribution in [0.25, 0.3) is 10.4 Å². The Balaban J connectivity index is 0.855. The van der Waals surface area contributed by atoms with Gasteiger partial charge in [-0.3, -0.25) is 29.1 Å². The van der Waals surface area contributed by atoms with E-state index in [1.165, 1.54) is 4.90 Å². The van der Waals surface area contributed by atoms with Gasteiger partial charge in [-0.05, 0) is 101 Å². The molecule has 0 saturated carbocycles. The van der Waals surface area contributed by atoms with Crippen LogP contribution >= 0.6 is 11.3 Å². The summed E-state index contributed by atoms with van der Waals surface area (Å²) in [6.07, 6.45) is 0.179. The number of β-amino-alcohol motifs (C(OH)–C–C–N with tert-alkyl or cyclic N) is 1. The highest BCUT2D eigenvalue weighted by atomic mass is 32.1. The van der Waals surface area contributed by atoms with Crippen LogP contribution in [0, 0.1) is 12.3 Å². The van der Waals surface area contributed by atoms with Crippen LogP contribution in [0.5, 0.6) is 0 Å². The maximum atomic E-state index is 14.1. The average Bonchev–Trinajstić information content (AvgIpc) is 4.14. The van der Waals surface area contributed by atoms with Crippen LogP contribution < -0.4 is 26.6 Å². The molecule has 7 amide bonds. The number of benzene rings is 3. The van der Waals surface area contributed by atoms with Crippen LogP contribution in [0.4, 0.5) is 10.6 Å². The van der Waals surface area contributed by atoms with E-state index in [9.17, 15) is 33.9 Å². The number of urea groups is 1. The number of aliphatic hydroxyl groups is 1. The van der Waals surface area contributed by atoms with Gasteiger partial charge in [0.2, 0.25) is 17.7 Å². The van der Waals surface area contributed by atoms with E-state index in [4.69, 9.17) is 0 Å². The Labute approximate surface area is 431 Å². The normalized spacial score (nSPS) is 17.4. The van der Waals surface area contributed by atoms with E-state index >= 15 is 0 Å². The van der Waals surface area contributed by atoms with Crippen molar-refractivity contribution in [3.05, 3.63) is 124 Å². The molecule has 18 nitrogen and oxygen atoms in total. The molecular formula is C54H69N11O7S. The minimum atomic E-state index is -0.965. The predicted molar refractivity (Wildman–Crippen MR) is 280 cm³/mol. The van der Waals surface area contributed by atoms with Crippen LogP contribution in [-0.4, -0.2) is 122 Å². The van der Waals surface area contributed by atoms with Gasteiger partial charge in [-0.15, -0.1) is 11.3 Å². The minimum Gasteiger partial charge on any atom is -0.391 e. The van der Waals surface area contributed by atoms with Crippen LogP contribution in [0.2, 0.25) is 0 Å².